The zero-order valence-electron chi connectivity index (χ0n) is 16.2. The van der Waals surface area contributed by atoms with E-state index in [4.69, 9.17) is 4.52 Å². The van der Waals surface area contributed by atoms with Crippen LogP contribution in [-0.2, 0) is 26.5 Å². The van der Waals surface area contributed by atoms with Gasteiger partial charge in [-0.05, 0) is 31.2 Å². The standard InChI is InChI=1S/C20H25N3O4S/c1-14(28(2,25)26)18(24)23-12-16-9-6-10-20(16,13-23)19-21-17(22-27-19)11-15-7-4-3-5-8-15/h3-5,7-8,14,16H,6,9-13H2,1-2H3/t14?,16-,20-/m1/s1. The molecule has 0 spiro atoms. The van der Waals surface area contributed by atoms with Crippen LogP contribution < -0.4 is 0 Å². The Morgan fingerprint density at radius 1 is 1.36 bits per heavy atom. The first-order valence-corrected chi connectivity index (χ1v) is 11.6. The van der Waals surface area contributed by atoms with Crippen LogP contribution in [0.15, 0.2) is 34.9 Å². The van der Waals surface area contributed by atoms with Gasteiger partial charge in [-0.1, -0.05) is 41.9 Å². The van der Waals surface area contributed by atoms with Gasteiger partial charge < -0.3 is 9.42 Å². The quantitative estimate of drug-likeness (QED) is 0.758. The number of aromatic nitrogens is 2. The summed E-state index contributed by atoms with van der Waals surface area (Å²) < 4.78 is 29.3. The van der Waals surface area contributed by atoms with Crippen LogP contribution in [0.3, 0.4) is 0 Å². The van der Waals surface area contributed by atoms with Crippen LogP contribution >= 0.6 is 0 Å². The third kappa shape index (κ3) is 3.34. The highest BCUT2D eigenvalue weighted by molar-refractivity contribution is 7.92. The van der Waals surface area contributed by atoms with Gasteiger partial charge in [-0.3, -0.25) is 4.79 Å². The number of nitrogens with zero attached hydrogens (tertiary/aromatic N) is 3. The molecule has 1 saturated carbocycles. The Kier molecular flexibility index (Phi) is 4.77. The van der Waals surface area contributed by atoms with Gasteiger partial charge in [0.05, 0.1) is 5.41 Å². The number of fused-ring (bicyclic) bond motifs is 1. The number of sulfone groups is 1. The van der Waals surface area contributed by atoms with Crippen molar-refractivity contribution in [1.29, 1.82) is 0 Å². The highest BCUT2D eigenvalue weighted by Gasteiger charge is 2.55. The fourth-order valence-electron chi connectivity index (χ4n) is 4.55. The van der Waals surface area contributed by atoms with Crippen molar-refractivity contribution in [1.82, 2.24) is 15.0 Å². The second-order valence-corrected chi connectivity index (χ2v) is 10.5. The summed E-state index contributed by atoms with van der Waals surface area (Å²) in [6.07, 6.45) is 4.61. The molecule has 1 amide bonds. The molecule has 1 aliphatic carbocycles. The Morgan fingerprint density at radius 3 is 2.82 bits per heavy atom. The third-order valence-electron chi connectivity index (χ3n) is 6.27. The lowest BCUT2D eigenvalue weighted by atomic mass is 9.80. The number of carbonyl (C=O) groups is 1. The number of carbonyl (C=O) groups excluding carboxylic acids is 1. The molecule has 2 fully saturated rings. The van der Waals surface area contributed by atoms with Crippen LogP contribution in [0.25, 0.3) is 0 Å². The SMILES string of the molecule is CC(C(=O)N1C[C@H]2CCC[C@@]2(c2nc(Cc3ccccc3)no2)C1)S(C)(=O)=O. The van der Waals surface area contributed by atoms with Crippen molar-refractivity contribution in [3.05, 3.63) is 47.6 Å². The summed E-state index contributed by atoms with van der Waals surface area (Å²) in [6.45, 7) is 2.46. The van der Waals surface area contributed by atoms with Crippen LogP contribution in [0.1, 0.15) is 43.5 Å². The number of likely N-dealkylation sites (tertiary alicyclic amines) is 1. The predicted octanol–water partition coefficient (Wildman–Crippen LogP) is 1.97. The van der Waals surface area contributed by atoms with Gasteiger partial charge in [0, 0.05) is 25.8 Å². The Bertz CT molecular complexity index is 972. The van der Waals surface area contributed by atoms with Gasteiger partial charge >= 0.3 is 0 Å². The van der Waals surface area contributed by atoms with E-state index in [0.717, 1.165) is 31.1 Å². The van der Waals surface area contributed by atoms with Crippen LogP contribution in [-0.4, -0.2) is 54.0 Å². The normalized spacial score (nSPS) is 25.6. The van der Waals surface area contributed by atoms with Gasteiger partial charge in [0.1, 0.15) is 5.25 Å². The van der Waals surface area contributed by atoms with Gasteiger partial charge in [0.25, 0.3) is 0 Å². The number of amides is 1. The average Bonchev–Trinajstić information content (AvgIpc) is 3.34. The molecular weight excluding hydrogens is 378 g/mol. The maximum Gasteiger partial charge on any atom is 0.240 e. The van der Waals surface area contributed by atoms with Crippen LogP contribution in [0.5, 0.6) is 0 Å². The first-order valence-electron chi connectivity index (χ1n) is 9.64. The van der Waals surface area contributed by atoms with Crippen LogP contribution in [0, 0.1) is 5.92 Å². The molecule has 1 aliphatic heterocycles. The van der Waals surface area contributed by atoms with Crippen molar-refractivity contribution in [2.24, 2.45) is 5.92 Å². The van der Waals surface area contributed by atoms with E-state index in [1.54, 1.807) is 4.90 Å². The van der Waals surface area contributed by atoms with E-state index in [2.05, 4.69) is 10.1 Å². The molecular formula is C20H25N3O4S. The Morgan fingerprint density at radius 2 is 2.11 bits per heavy atom. The summed E-state index contributed by atoms with van der Waals surface area (Å²) in [6, 6.07) is 9.97. The molecule has 0 N–H and O–H groups in total. The zero-order valence-corrected chi connectivity index (χ0v) is 17.0. The molecule has 2 aromatic rings. The minimum Gasteiger partial charge on any atom is -0.340 e. The maximum absolute atomic E-state index is 12.7. The lowest BCUT2D eigenvalue weighted by Gasteiger charge is -2.25. The fourth-order valence-corrected chi connectivity index (χ4v) is 5.07. The first kappa shape index (κ1) is 19.1. The molecule has 1 saturated heterocycles. The summed E-state index contributed by atoms with van der Waals surface area (Å²) in [5.74, 6) is 1.12. The van der Waals surface area contributed by atoms with Gasteiger partial charge in [-0.25, -0.2) is 8.42 Å². The molecule has 1 unspecified atom stereocenters. The molecule has 4 rings (SSSR count). The average molecular weight is 404 g/mol. The lowest BCUT2D eigenvalue weighted by molar-refractivity contribution is -0.129. The third-order valence-corrected chi connectivity index (χ3v) is 7.76. The summed E-state index contributed by atoms with van der Waals surface area (Å²) in [5.41, 5.74) is 0.759. The lowest BCUT2D eigenvalue weighted by Crippen LogP contribution is -2.42. The molecule has 1 aromatic heterocycles. The molecule has 3 atom stereocenters. The van der Waals surface area contributed by atoms with E-state index in [0.29, 0.717) is 31.2 Å². The van der Waals surface area contributed by atoms with Crippen molar-refractivity contribution in [2.75, 3.05) is 19.3 Å². The van der Waals surface area contributed by atoms with Gasteiger partial charge in [0.15, 0.2) is 15.7 Å². The molecule has 0 radical (unpaired) electrons. The maximum atomic E-state index is 12.7. The summed E-state index contributed by atoms with van der Waals surface area (Å²) in [4.78, 5) is 19.1. The summed E-state index contributed by atoms with van der Waals surface area (Å²) >= 11 is 0. The minimum absolute atomic E-state index is 0.230. The topological polar surface area (TPSA) is 93.4 Å². The highest BCUT2D eigenvalue weighted by Crippen LogP contribution is 2.50. The summed E-state index contributed by atoms with van der Waals surface area (Å²) in [5, 5.41) is 3.14. The second kappa shape index (κ2) is 6.99. The van der Waals surface area contributed by atoms with Crippen molar-refractivity contribution in [2.45, 2.75) is 43.3 Å². The fraction of sp³-hybridized carbons (Fsp3) is 0.550. The van der Waals surface area contributed by atoms with Gasteiger partial charge in [0.2, 0.25) is 11.8 Å². The molecule has 2 aliphatic rings. The summed E-state index contributed by atoms with van der Waals surface area (Å²) in [7, 11) is -3.42. The predicted molar refractivity (Wildman–Crippen MR) is 103 cm³/mol. The van der Waals surface area contributed by atoms with E-state index < -0.39 is 15.1 Å². The molecule has 0 bridgehead atoms. The monoisotopic (exact) mass is 403 g/mol. The van der Waals surface area contributed by atoms with Gasteiger partial charge in [-0.15, -0.1) is 0 Å². The largest absolute Gasteiger partial charge is 0.340 e. The molecule has 7 nitrogen and oxygen atoms in total. The van der Waals surface area contributed by atoms with E-state index in [1.165, 1.54) is 6.92 Å². The minimum atomic E-state index is -3.42. The molecule has 28 heavy (non-hydrogen) atoms. The second-order valence-electron chi connectivity index (χ2n) is 8.11. The van der Waals surface area contributed by atoms with Crippen molar-refractivity contribution in [3.63, 3.8) is 0 Å². The number of hydrogen-bond acceptors (Lipinski definition) is 6. The van der Waals surface area contributed by atoms with Gasteiger partial charge in [-0.2, -0.15) is 4.98 Å². The van der Waals surface area contributed by atoms with E-state index in [-0.39, 0.29) is 17.2 Å². The number of hydrogen-bond donors (Lipinski definition) is 0. The molecule has 150 valence electrons. The Hall–Kier alpha value is -2.22. The van der Waals surface area contributed by atoms with Crippen LogP contribution in [0.4, 0.5) is 0 Å². The van der Waals surface area contributed by atoms with E-state index in [1.807, 2.05) is 30.3 Å². The molecule has 2 heterocycles. The van der Waals surface area contributed by atoms with Crippen LogP contribution in [0.2, 0.25) is 0 Å². The highest BCUT2D eigenvalue weighted by atomic mass is 32.2. The van der Waals surface area contributed by atoms with E-state index in [9.17, 15) is 13.2 Å². The zero-order chi connectivity index (χ0) is 19.9. The molecule has 8 heteroatoms. The Labute approximate surface area is 165 Å². The van der Waals surface area contributed by atoms with E-state index >= 15 is 0 Å². The van der Waals surface area contributed by atoms with Crippen molar-refractivity contribution >= 4 is 15.7 Å². The smallest absolute Gasteiger partial charge is 0.240 e. The first-order chi connectivity index (χ1) is 13.3. The van der Waals surface area contributed by atoms with Crippen molar-refractivity contribution in [3.8, 4) is 0 Å². The Balaban J connectivity index is 1.56. The number of benzene rings is 1. The molecule has 1 aromatic carbocycles. The number of rotatable bonds is 5. The van der Waals surface area contributed by atoms with Crippen molar-refractivity contribution < 1.29 is 17.7 Å².